The molecular formula is C19H23N3O. The third-order valence-corrected chi connectivity index (χ3v) is 4.47. The molecule has 23 heavy (non-hydrogen) atoms. The lowest BCUT2D eigenvalue weighted by atomic mass is 9.99. The first-order valence-electron chi connectivity index (χ1n) is 8.25. The summed E-state index contributed by atoms with van der Waals surface area (Å²) < 4.78 is 0. The molecule has 1 atom stereocenters. The molecule has 0 radical (unpaired) electrons. The fraction of sp³-hybridized carbons (Fsp3) is 0.368. The van der Waals surface area contributed by atoms with Crippen LogP contribution in [-0.2, 0) is 13.0 Å². The summed E-state index contributed by atoms with van der Waals surface area (Å²) in [5.41, 5.74) is 4.41. The van der Waals surface area contributed by atoms with E-state index in [1.165, 1.54) is 11.1 Å². The van der Waals surface area contributed by atoms with Crippen LogP contribution in [0, 0.1) is 0 Å². The highest BCUT2D eigenvalue weighted by atomic mass is 16.1. The van der Waals surface area contributed by atoms with E-state index in [0.29, 0.717) is 5.56 Å². The van der Waals surface area contributed by atoms with Gasteiger partial charge in [0.2, 0.25) is 0 Å². The summed E-state index contributed by atoms with van der Waals surface area (Å²) in [5.74, 6) is -0.0499. The first kappa shape index (κ1) is 15.5. The average molecular weight is 309 g/mol. The summed E-state index contributed by atoms with van der Waals surface area (Å²) in [7, 11) is 0. The van der Waals surface area contributed by atoms with Crippen molar-refractivity contribution in [2.75, 3.05) is 11.4 Å². The molecule has 0 bridgehead atoms. The molecule has 4 heteroatoms. The molecule has 1 unspecified atom stereocenters. The zero-order valence-electron chi connectivity index (χ0n) is 13.7. The molecule has 0 saturated carbocycles. The Morgan fingerprint density at radius 3 is 2.87 bits per heavy atom. The molecule has 1 aromatic carbocycles. The van der Waals surface area contributed by atoms with Crippen LogP contribution in [0.2, 0.25) is 0 Å². The van der Waals surface area contributed by atoms with E-state index < -0.39 is 0 Å². The summed E-state index contributed by atoms with van der Waals surface area (Å²) in [6.07, 6.45) is 5.42. The molecule has 0 fully saturated rings. The SMILES string of the molecule is CCC(C)NC(=O)c1cncc(N2CCc3ccccc3C2)c1. The minimum absolute atomic E-state index is 0.0499. The molecule has 1 aliphatic rings. The van der Waals surface area contributed by atoms with Crippen LogP contribution in [0.15, 0.2) is 42.7 Å². The van der Waals surface area contributed by atoms with Crippen molar-refractivity contribution in [1.82, 2.24) is 10.3 Å². The van der Waals surface area contributed by atoms with E-state index in [0.717, 1.165) is 31.6 Å². The first-order valence-corrected chi connectivity index (χ1v) is 8.25. The Labute approximate surface area is 137 Å². The van der Waals surface area contributed by atoms with Crippen LogP contribution < -0.4 is 10.2 Å². The van der Waals surface area contributed by atoms with Crippen LogP contribution in [0.25, 0.3) is 0 Å². The Morgan fingerprint density at radius 2 is 2.09 bits per heavy atom. The van der Waals surface area contributed by atoms with Crippen LogP contribution in [0.4, 0.5) is 5.69 Å². The molecule has 4 nitrogen and oxygen atoms in total. The standard InChI is InChI=1S/C19H23N3O/c1-3-14(2)21-19(23)17-10-18(12-20-11-17)22-9-8-15-6-4-5-7-16(15)13-22/h4-7,10-12,14H,3,8-9,13H2,1-2H3,(H,21,23). The van der Waals surface area contributed by atoms with Crippen LogP contribution in [0.5, 0.6) is 0 Å². The van der Waals surface area contributed by atoms with Gasteiger partial charge in [-0.15, -0.1) is 0 Å². The monoisotopic (exact) mass is 309 g/mol. The van der Waals surface area contributed by atoms with Gasteiger partial charge < -0.3 is 10.2 Å². The van der Waals surface area contributed by atoms with Crippen molar-refractivity contribution in [1.29, 1.82) is 0 Å². The number of pyridine rings is 1. The number of fused-ring (bicyclic) bond motifs is 1. The third kappa shape index (κ3) is 3.52. The minimum atomic E-state index is -0.0499. The van der Waals surface area contributed by atoms with Gasteiger partial charge in [-0.2, -0.15) is 0 Å². The van der Waals surface area contributed by atoms with Gasteiger partial charge in [0.05, 0.1) is 17.4 Å². The number of hydrogen-bond donors (Lipinski definition) is 1. The quantitative estimate of drug-likeness (QED) is 0.943. The second kappa shape index (κ2) is 6.82. The zero-order valence-corrected chi connectivity index (χ0v) is 13.7. The highest BCUT2D eigenvalue weighted by Crippen LogP contribution is 2.24. The molecular weight excluding hydrogens is 286 g/mol. The van der Waals surface area contributed by atoms with Gasteiger partial charge in [-0.3, -0.25) is 9.78 Å². The lowest BCUT2D eigenvalue weighted by molar-refractivity contribution is 0.0939. The zero-order chi connectivity index (χ0) is 16.2. The summed E-state index contributed by atoms with van der Waals surface area (Å²) >= 11 is 0. The van der Waals surface area contributed by atoms with Crippen molar-refractivity contribution in [3.05, 3.63) is 59.4 Å². The van der Waals surface area contributed by atoms with Gasteiger partial charge in [0.1, 0.15) is 0 Å². The van der Waals surface area contributed by atoms with Crippen LogP contribution in [-0.4, -0.2) is 23.5 Å². The Hall–Kier alpha value is -2.36. The molecule has 120 valence electrons. The van der Waals surface area contributed by atoms with Gasteiger partial charge in [-0.25, -0.2) is 0 Å². The molecule has 2 heterocycles. The molecule has 0 spiro atoms. The topological polar surface area (TPSA) is 45.2 Å². The van der Waals surface area contributed by atoms with Crippen LogP contribution in [0.1, 0.15) is 41.8 Å². The third-order valence-electron chi connectivity index (χ3n) is 4.47. The maximum Gasteiger partial charge on any atom is 0.253 e. The Kier molecular flexibility index (Phi) is 4.60. The number of carbonyl (C=O) groups is 1. The highest BCUT2D eigenvalue weighted by Gasteiger charge is 2.18. The summed E-state index contributed by atoms with van der Waals surface area (Å²) in [5, 5.41) is 2.99. The van der Waals surface area contributed by atoms with E-state index in [1.54, 1.807) is 6.20 Å². The van der Waals surface area contributed by atoms with Gasteiger partial charge in [0, 0.05) is 25.3 Å². The molecule has 1 amide bonds. The maximum atomic E-state index is 12.3. The molecule has 0 aliphatic carbocycles. The highest BCUT2D eigenvalue weighted by molar-refractivity contribution is 5.94. The number of nitrogens with zero attached hydrogens (tertiary/aromatic N) is 2. The molecule has 3 rings (SSSR count). The van der Waals surface area contributed by atoms with Crippen molar-refractivity contribution in [2.24, 2.45) is 0 Å². The van der Waals surface area contributed by atoms with Gasteiger partial charge in [-0.05, 0) is 37.0 Å². The van der Waals surface area contributed by atoms with E-state index in [4.69, 9.17) is 0 Å². The lowest BCUT2D eigenvalue weighted by Crippen LogP contribution is -2.33. The summed E-state index contributed by atoms with van der Waals surface area (Å²) in [4.78, 5) is 18.8. The van der Waals surface area contributed by atoms with E-state index in [1.807, 2.05) is 19.2 Å². The van der Waals surface area contributed by atoms with E-state index >= 15 is 0 Å². The molecule has 1 aromatic heterocycles. The van der Waals surface area contributed by atoms with Crippen molar-refractivity contribution >= 4 is 11.6 Å². The summed E-state index contributed by atoms with van der Waals surface area (Å²) in [6, 6.07) is 10.7. The number of anilines is 1. The predicted octanol–water partition coefficient (Wildman–Crippen LogP) is 3.17. The Bertz CT molecular complexity index is 699. The van der Waals surface area contributed by atoms with Gasteiger partial charge in [-0.1, -0.05) is 31.2 Å². The molecule has 1 N–H and O–H groups in total. The predicted molar refractivity (Wildman–Crippen MR) is 92.7 cm³/mol. The van der Waals surface area contributed by atoms with E-state index in [-0.39, 0.29) is 11.9 Å². The number of nitrogens with one attached hydrogen (secondary N) is 1. The number of rotatable bonds is 4. The first-order chi connectivity index (χ1) is 11.2. The fourth-order valence-corrected chi connectivity index (χ4v) is 2.85. The molecule has 1 aliphatic heterocycles. The maximum absolute atomic E-state index is 12.3. The largest absolute Gasteiger partial charge is 0.366 e. The van der Waals surface area contributed by atoms with E-state index in [9.17, 15) is 4.79 Å². The van der Waals surface area contributed by atoms with Crippen molar-refractivity contribution in [3.63, 3.8) is 0 Å². The van der Waals surface area contributed by atoms with Crippen molar-refractivity contribution < 1.29 is 4.79 Å². The second-order valence-corrected chi connectivity index (χ2v) is 6.15. The van der Waals surface area contributed by atoms with Gasteiger partial charge in [0.15, 0.2) is 0 Å². The number of amides is 1. The number of carbonyl (C=O) groups excluding carboxylic acids is 1. The molecule has 2 aromatic rings. The average Bonchev–Trinajstić information content (AvgIpc) is 2.61. The number of aromatic nitrogens is 1. The van der Waals surface area contributed by atoms with Gasteiger partial charge in [0.25, 0.3) is 5.91 Å². The van der Waals surface area contributed by atoms with E-state index in [2.05, 4.69) is 46.4 Å². The van der Waals surface area contributed by atoms with Crippen LogP contribution >= 0.6 is 0 Å². The smallest absolute Gasteiger partial charge is 0.253 e. The fourth-order valence-electron chi connectivity index (χ4n) is 2.85. The van der Waals surface area contributed by atoms with Crippen LogP contribution in [0.3, 0.4) is 0 Å². The number of hydrogen-bond acceptors (Lipinski definition) is 3. The Balaban J connectivity index is 1.77. The van der Waals surface area contributed by atoms with Crippen molar-refractivity contribution in [3.8, 4) is 0 Å². The lowest BCUT2D eigenvalue weighted by Gasteiger charge is -2.30. The second-order valence-electron chi connectivity index (χ2n) is 6.15. The Morgan fingerprint density at radius 1 is 1.30 bits per heavy atom. The van der Waals surface area contributed by atoms with Gasteiger partial charge >= 0.3 is 0 Å². The van der Waals surface area contributed by atoms with Crippen molar-refractivity contribution in [2.45, 2.75) is 39.3 Å². The molecule has 0 saturated heterocycles. The summed E-state index contributed by atoms with van der Waals surface area (Å²) in [6.45, 7) is 5.89. The normalized spacial score (nSPS) is 15.0. The minimum Gasteiger partial charge on any atom is -0.366 e. The number of benzene rings is 1.